The maximum atomic E-state index is 5.11. The van der Waals surface area contributed by atoms with E-state index < -0.39 is 0 Å². The summed E-state index contributed by atoms with van der Waals surface area (Å²) in [4.78, 5) is 2.46. The summed E-state index contributed by atoms with van der Waals surface area (Å²) >= 11 is 0. The Balaban J connectivity index is 2.32. The summed E-state index contributed by atoms with van der Waals surface area (Å²) in [6.07, 6.45) is 4.11. The van der Waals surface area contributed by atoms with Crippen LogP contribution in [0.3, 0.4) is 0 Å². The Hall–Kier alpha value is -0.120. The zero-order valence-corrected chi connectivity index (χ0v) is 9.75. The van der Waals surface area contributed by atoms with Crippen molar-refractivity contribution in [3.63, 3.8) is 0 Å². The number of hydrogen-bond donors (Lipinski definition) is 1. The summed E-state index contributed by atoms with van der Waals surface area (Å²) in [7, 11) is 6.04. The number of nitrogens with one attached hydrogen (secondary N) is 1. The topological polar surface area (TPSA) is 24.5 Å². The number of ether oxygens (including phenoxy) is 1. The van der Waals surface area contributed by atoms with E-state index >= 15 is 0 Å². The quantitative estimate of drug-likeness (QED) is 0.691. The molecule has 84 valence electrons. The van der Waals surface area contributed by atoms with Gasteiger partial charge in [-0.3, -0.25) is 0 Å². The van der Waals surface area contributed by atoms with Crippen molar-refractivity contribution in [2.24, 2.45) is 5.92 Å². The summed E-state index contributed by atoms with van der Waals surface area (Å²) < 4.78 is 5.11. The predicted octanol–water partition coefficient (Wildman–Crippen LogP) is 0.953. The van der Waals surface area contributed by atoms with E-state index in [4.69, 9.17) is 4.74 Å². The molecule has 0 aliphatic heterocycles. The van der Waals surface area contributed by atoms with E-state index in [0.717, 1.165) is 31.7 Å². The molecule has 0 aromatic rings. The van der Waals surface area contributed by atoms with E-state index in [2.05, 4.69) is 17.3 Å². The van der Waals surface area contributed by atoms with E-state index in [0.29, 0.717) is 0 Å². The van der Waals surface area contributed by atoms with Gasteiger partial charge in [-0.1, -0.05) is 6.42 Å². The first-order chi connectivity index (χ1) is 6.79. The number of hydrogen-bond acceptors (Lipinski definition) is 3. The molecular weight excluding hydrogens is 176 g/mol. The van der Waals surface area contributed by atoms with Crippen molar-refractivity contribution in [2.75, 3.05) is 40.9 Å². The third-order valence-corrected chi connectivity index (χ3v) is 3.30. The van der Waals surface area contributed by atoms with E-state index in [1.165, 1.54) is 19.3 Å². The van der Waals surface area contributed by atoms with Gasteiger partial charge in [0.15, 0.2) is 0 Å². The number of likely N-dealkylation sites (N-methyl/N-ethyl adjacent to an activating group) is 1. The van der Waals surface area contributed by atoms with E-state index in [1.807, 2.05) is 7.05 Å². The maximum Gasteiger partial charge on any atom is 0.0589 e. The van der Waals surface area contributed by atoms with Gasteiger partial charge in [-0.15, -0.1) is 0 Å². The van der Waals surface area contributed by atoms with Crippen molar-refractivity contribution in [3.8, 4) is 0 Å². The molecule has 1 saturated carbocycles. The van der Waals surface area contributed by atoms with Crippen LogP contribution >= 0.6 is 0 Å². The molecule has 2 atom stereocenters. The van der Waals surface area contributed by atoms with Gasteiger partial charge in [-0.05, 0) is 39.4 Å². The zero-order valence-electron chi connectivity index (χ0n) is 9.75. The standard InChI is InChI=1S/C11H24N2O/c1-12-9-10-5-4-6-11(10)13(2)7-8-14-3/h10-12H,4-9H2,1-3H3. The minimum absolute atomic E-state index is 0.762. The fourth-order valence-corrected chi connectivity index (χ4v) is 2.50. The van der Waals surface area contributed by atoms with Crippen molar-refractivity contribution in [2.45, 2.75) is 25.3 Å². The number of rotatable bonds is 6. The number of nitrogens with zero attached hydrogens (tertiary/aromatic N) is 1. The van der Waals surface area contributed by atoms with Crippen LogP contribution in [0.2, 0.25) is 0 Å². The third kappa shape index (κ3) is 3.23. The first-order valence-corrected chi connectivity index (χ1v) is 5.63. The highest BCUT2D eigenvalue weighted by atomic mass is 16.5. The van der Waals surface area contributed by atoms with Gasteiger partial charge < -0.3 is 15.0 Å². The first-order valence-electron chi connectivity index (χ1n) is 5.63. The first kappa shape index (κ1) is 12.0. The lowest BCUT2D eigenvalue weighted by Crippen LogP contribution is -2.39. The lowest BCUT2D eigenvalue weighted by molar-refractivity contribution is 0.124. The summed E-state index contributed by atoms with van der Waals surface area (Å²) in [5.41, 5.74) is 0. The molecule has 1 aliphatic rings. The van der Waals surface area contributed by atoms with Gasteiger partial charge in [0.05, 0.1) is 6.61 Å². The van der Waals surface area contributed by atoms with Crippen LogP contribution in [0.25, 0.3) is 0 Å². The zero-order chi connectivity index (χ0) is 10.4. The summed E-state index contributed by atoms with van der Waals surface area (Å²) in [6, 6.07) is 0.762. The highest BCUT2D eigenvalue weighted by Crippen LogP contribution is 2.28. The molecule has 1 rings (SSSR count). The van der Waals surface area contributed by atoms with E-state index in [-0.39, 0.29) is 0 Å². The van der Waals surface area contributed by atoms with Crippen molar-refractivity contribution >= 4 is 0 Å². The van der Waals surface area contributed by atoms with Gasteiger partial charge in [-0.2, -0.15) is 0 Å². The predicted molar refractivity (Wildman–Crippen MR) is 59.6 cm³/mol. The van der Waals surface area contributed by atoms with Gasteiger partial charge in [0.1, 0.15) is 0 Å². The molecule has 1 aliphatic carbocycles. The van der Waals surface area contributed by atoms with Gasteiger partial charge in [-0.25, -0.2) is 0 Å². The van der Waals surface area contributed by atoms with Crippen LogP contribution < -0.4 is 5.32 Å². The SMILES string of the molecule is CNCC1CCCC1N(C)CCOC. The molecule has 3 nitrogen and oxygen atoms in total. The Bertz CT molecular complexity index is 152. The van der Waals surface area contributed by atoms with Gasteiger partial charge >= 0.3 is 0 Å². The number of methoxy groups -OCH3 is 1. The average Bonchev–Trinajstić information content (AvgIpc) is 2.63. The van der Waals surface area contributed by atoms with Crippen LogP contribution in [0, 0.1) is 5.92 Å². The second-order valence-electron chi connectivity index (χ2n) is 4.29. The Kier molecular flexibility index (Phi) is 5.45. The van der Waals surface area contributed by atoms with Crippen LogP contribution in [0.1, 0.15) is 19.3 Å². The Morgan fingerprint density at radius 3 is 2.86 bits per heavy atom. The minimum Gasteiger partial charge on any atom is -0.383 e. The Morgan fingerprint density at radius 1 is 1.43 bits per heavy atom. The fourth-order valence-electron chi connectivity index (χ4n) is 2.50. The van der Waals surface area contributed by atoms with Gasteiger partial charge in [0.25, 0.3) is 0 Å². The molecule has 0 saturated heterocycles. The van der Waals surface area contributed by atoms with Crippen LogP contribution in [0.4, 0.5) is 0 Å². The maximum absolute atomic E-state index is 5.11. The average molecular weight is 200 g/mol. The molecule has 1 N–H and O–H groups in total. The summed E-state index contributed by atoms with van der Waals surface area (Å²) in [5.74, 6) is 0.835. The van der Waals surface area contributed by atoms with Crippen LogP contribution in [0.15, 0.2) is 0 Å². The molecule has 0 bridgehead atoms. The molecule has 1 fully saturated rings. The molecule has 0 aromatic carbocycles. The summed E-state index contributed by atoms with van der Waals surface area (Å²) in [5, 5.41) is 3.29. The second kappa shape index (κ2) is 6.38. The third-order valence-electron chi connectivity index (χ3n) is 3.30. The van der Waals surface area contributed by atoms with Crippen LogP contribution in [0.5, 0.6) is 0 Å². The highest BCUT2D eigenvalue weighted by molar-refractivity contribution is 4.85. The van der Waals surface area contributed by atoms with E-state index in [9.17, 15) is 0 Å². The highest BCUT2D eigenvalue weighted by Gasteiger charge is 2.29. The largest absolute Gasteiger partial charge is 0.383 e. The fraction of sp³-hybridized carbons (Fsp3) is 1.00. The van der Waals surface area contributed by atoms with Crippen molar-refractivity contribution < 1.29 is 4.74 Å². The Labute approximate surface area is 87.8 Å². The molecule has 14 heavy (non-hydrogen) atoms. The molecule has 3 heteroatoms. The van der Waals surface area contributed by atoms with Crippen LogP contribution in [-0.4, -0.2) is 51.8 Å². The lowest BCUT2D eigenvalue weighted by atomic mass is 10.0. The minimum atomic E-state index is 0.762. The second-order valence-corrected chi connectivity index (χ2v) is 4.29. The van der Waals surface area contributed by atoms with E-state index in [1.54, 1.807) is 7.11 Å². The molecule has 0 amide bonds. The molecular formula is C11H24N2O. The van der Waals surface area contributed by atoms with Gasteiger partial charge in [0, 0.05) is 19.7 Å². The van der Waals surface area contributed by atoms with Crippen molar-refractivity contribution in [1.29, 1.82) is 0 Å². The Morgan fingerprint density at radius 2 is 2.21 bits per heavy atom. The van der Waals surface area contributed by atoms with Crippen molar-refractivity contribution in [1.82, 2.24) is 10.2 Å². The molecule has 0 aromatic heterocycles. The molecule has 0 heterocycles. The van der Waals surface area contributed by atoms with Gasteiger partial charge in [0.2, 0.25) is 0 Å². The van der Waals surface area contributed by atoms with Crippen LogP contribution in [-0.2, 0) is 4.74 Å². The normalized spacial score (nSPS) is 27.4. The smallest absolute Gasteiger partial charge is 0.0589 e. The summed E-state index contributed by atoms with van der Waals surface area (Å²) in [6.45, 7) is 3.06. The lowest BCUT2D eigenvalue weighted by Gasteiger charge is -2.29. The molecule has 0 radical (unpaired) electrons. The molecule has 2 unspecified atom stereocenters. The monoisotopic (exact) mass is 200 g/mol. The van der Waals surface area contributed by atoms with Crippen molar-refractivity contribution in [3.05, 3.63) is 0 Å². The molecule has 0 spiro atoms.